The van der Waals surface area contributed by atoms with Crippen molar-refractivity contribution >= 4 is 23.2 Å². The fourth-order valence-electron chi connectivity index (χ4n) is 2.19. The Kier molecular flexibility index (Phi) is 4.31. The van der Waals surface area contributed by atoms with E-state index in [1.54, 1.807) is 12.1 Å². The van der Waals surface area contributed by atoms with Crippen molar-refractivity contribution in [2.75, 3.05) is 6.54 Å². The number of nitrogens with two attached hydrogens (primary N) is 1. The van der Waals surface area contributed by atoms with Crippen LogP contribution in [0.2, 0.25) is 0 Å². The first-order valence-corrected chi connectivity index (χ1v) is 6.57. The maximum absolute atomic E-state index is 12.8. The zero-order chi connectivity index (χ0) is 13.8. The van der Waals surface area contributed by atoms with Crippen molar-refractivity contribution in [2.24, 2.45) is 5.73 Å². The van der Waals surface area contributed by atoms with E-state index in [-0.39, 0.29) is 17.8 Å². The van der Waals surface area contributed by atoms with Crippen LogP contribution in [-0.2, 0) is 11.3 Å². The van der Waals surface area contributed by atoms with Crippen molar-refractivity contribution in [3.63, 3.8) is 0 Å². The highest BCUT2D eigenvalue weighted by molar-refractivity contribution is 7.80. The van der Waals surface area contributed by atoms with Gasteiger partial charge in [-0.05, 0) is 42.8 Å². The van der Waals surface area contributed by atoms with Gasteiger partial charge in [0.15, 0.2) is 5.11 Å². The van der Waals surface area contributed by atoms with Crippen LogP contribution in [0.3, 0.4) is 0 Å². The lowest BCUT2D eigenvalue weighted by molar-refractivity contribution is -0.121. The van der Waals surface area contributed by atoms with Crippen molar-refractivity contribution in [2.45, 2.75) is 25.4 Å². The van der Waals surface area contributed by atoms with E-state index in [9.17, 15) is 9.18 Å². The number of nitrogens with zero attached hydrogens (tertiary/aromatic N) is 1. The first-order chi connectivity index (χ1) is 9.08. The first kappa shape index (κ1) is 13.7. The summed E-state index contributed by atoms with van der Waals surface area (Å²) in [6, 6.07) is 5.89. The Hall–Kier alpha value is -1.69. The number of likely N-dealkylation sites (tertiary alicyclic amines) is 1. The van der Waals surface area contributed by atoms with Gasteiger partial charge in [0.1, 0.15) is 11.9 Å². The molecule has 0 radical (unpaired) electrons. The molecule has 1 aliphatic heterocycles. The van der Waals surface area contributed by atoms with Crippen LogP contribution in [0.25, 0.3) is 0 Å². The molecule has 1 aromatic carbocycles. The van der Waals surface area contributed by atoms with E-state index < -0.39 is 0 Å². The number of benzene rings is 1. The number of primary amides is 1. The molecule has 1 amide bonds. The molecule has 102 valence electrons. The Bertz CT molecular complexity index is 477. The molecule has 0 aliphatic carbocycles. The number of hydrogen-bond acceptors (Lipinski definition) is 2. The summed E-state index contributed by atoms with van der Waals surface area (Å²) in [6.45, 7) is 1.24. The van der Waals surface area contributed by atoms with E-state index in [0.29, 0.717) is 11.7 Å². The van der Waals surface area contributed by atoms with Gasteiger partial charge in [0.25, 0.3) is 0 Å². The lowest BCUT2D eigenvalue weighted by atomic mass is 10.2. The number of hydrogen-bond donors (Lipinski definition) is 2. The van der Waals surface area contributed by atoms with Gasteiger partial charge in [-0.1, -0.05) is 12.1 Å². The first-order valence-electron chi connectivity index (χ1n) is 6.16. The lowest BCUT2D eigenvalue weighted by Gasteiger charge is -2.25. The molecule has 0 aromatic heterocycles. The number of thiocarbonyl (C=S) groups is 1. The minimum atomic E-state index is -0.344. The van der Waals surface area contributed by atoms with Gasteiger partial charge < -0.3 is 16.0 Å². The molecular weight excluding hydrogens is 265 g/mol. The molecule has 1 heterocycles. The maximum Gasteiger partial charge on any atom is 0.240 e. The molecule has 2 rings (SSSR count). The molecule has 3 N–H and O–H groups in total. The molecule has 0 unspecified atom stereocenters. The second kappa shape index (κ2) is 5.97. The van der Waals surface area contributed by atoms with E-state index in [0.717, 1.165) is 24.9 Å². The molecule has 1 aromatic rings. The second-order valence-corrected chi connectivity index (χ2v) is 4.93. The van der Waals surface area contributed by atoms with Crippen molar-refractivity contribution in [1.29, 1.82) is 0 Å². The lowest BCUT2D eigenvalue weighted by Crippen LogP contribution is -2.47. The van der Waals surface area contributed by atoms with Crippen LogP contribution in [0, 0.1) is 5.82 Å². The SMILES string of the molecule is NC(=O)[C@H]1CCCN1C(=S)NCc1ccc(F)cc1. The standard InChI is InChI=1S/C13H16FN3OS/c14-10-5-3-9(4-6-10)8-16-13(19)17-7-1-2-11(17)12(15)18/h3-6,11H,1-2,7-8H2,(H2,15,18)(H,16,19)/t11-/m1/s1. The molecule has 1 saturated heterocycles. The second-order valence-electron chi connectivity index (χ2n) is 4.54. The summed E-state index contributed by atoms with van der Waals surface area (Å²) in [4.78, 5) is 13.1. The Morgan fingerprint density at radius 1 is 1.47 bits per heavy atom. The molecule has 0 saturated carbocycles. The molecule has 6 heteroatoms. The largest absolute Gasteiger partial charge is 0.368 e. The van der Waals surface area contributed by atoms with Crippen LogP contribution in [0.1, 0.15) is 18.4 Å². The predicted octanol–water partition coefficient (Wildman–Crippen LogP) is 1.15. The average Bonchev–Trinajstić information content (AvgIpc) is 2.87. The summed E-state index contributed by atoms with van der Waals surface area (Å²) in [5.41, 5.74) is 6.27. The minimum absolute atomic E-state index is 0.264. The van der Waals surface area contributed by atoms with Gasteiger partial charge >= 0.3 is 0 Å². The highest BCUT2D eigenvalue weighted by Crippen LogP contribution is 2.17. The number of carbonyl (C=O) groups is 1. The molecule has 1 fully saturated rings. The number of nitrogens with one attached hydrogen (secondary N) is 1. The monoisotopic (exact) mass is 281 g/mol. The molecule has 4 nitrogen and oxygen atoms in total. The molecule has 1 aliphatic rings. The fourth-order valence-corrected chi connectivity index (χ4v) is 2.48. The number of rotatable bonds is 3. The maximum atomic E-state index is 12.8. The Morgan fingerprint density at radius 3 is 2.79 bits per heavy atom. The zero-order valence-electron chi connectivity index (χ0n) is 10.4. The van der Waals surface area contributed by atoms with Crippen molar-refractivity contribution in [1.82, 2.24) is 10.2 Å². The smallest absolute Gasteiger partial charge is 0.240 e. The summed E-state index contributed by atoms with van der Waals surface area (Å²) in [5.74, 6) is -0.608. The molecule has 0 spiro atoms. The molecule has 19 heavy (non-hydrogen) atoms. The summed E-state index contributed by atoms with van der Waals surface area (Å²) < 4.78 is 12.8. The zero-order valence-corrected chi connectivity index (χ0v) is 11.3. The van der Waals surface area contributed by atoms with Crippen molar-refractivity contribution in [3.05, 3.63) is 35.6 Å². The number of amides is 1. The van der Waals surface area contributed by atoms with Crippen LogP contribution in [0.5, 0.6) is 0 Å². The highest BCUT2D eigenvalue weighted by Gasteiger charge is 2.30. The molecular formula is C13H16FN3OS. The van der Waals surface area contributed by atoms with E-state index in [1.807, 2.05) is 4.90 Å². The van der Waals surface area contributed by atoms with E-state index in [1.165, 1.54) is 12.1 Å². The summed E-state index contributed by atoms with van der Waals surface area (Å²) >= 11 is 5.27. The molecule has 1 atom stereocenters. The van der Waals surface area contributed by atoms with Crippen LogP contribution in [0.15, 0.2) is 24.3 Å². The van der Waals surface area contributed by atoms with E-state index in [2.05, 4.69) is 5.32 Å². The van der Waals surface area contributed by atoms with Gasteiger partial charge in [0.05, 0.1) is 0 Å². The third-order valence-electron chi connectivity index (χ3n) is 3.20. The van der Waals surface area contributed by atoms with Crippen LogP contribution < -0.4 is 11.1 Å². The predicted molar refractivity (Wildman–Crippen MR) is 74.8 cm³/mol. The third kappa shape index (κ3) is 3.41. The quantitative estimate of drug-likeness (QED) is 0.816. The van der Waals surface area contributed by atoms with E-state index in [4.69, 9.17) is 18.0 Å². The summed E-state index contributed by atoms with van der Waals surface area (Å²) in [6.07, 6.45) is 1.65. The summed E-state index contributed by atoms with van der Waals surface area (Å²) in [7, 11) is 0. The van der Waals surface area contributed by atoms with Crippen LogP contribution >= 0.6 is 12.2 Å². The number of carbonyl (C=O) groups excluding carboxylic acids is 1. The van der Waals surface area contributed by atoms with Gasteiger partial charge in [-0.3, -0.25) is 4.79 Å². The summed E-state index contributed by atoms with van der Waals surface area (Å²) in [5, 5.41) is 3.59. The van der Waals surface area contributed by atoms with Gasteiger partial charge in [0, 0.05) is 13.1 Å². The normalized spacial score (nSPS) is 18.4. The Balaban J connectivity index is 1.90. The average molecular weight is 281 g/mol. The van der Waals surface area contributed by atoms with Gasteiger partial charge in [-0.15, -0.1) is 0 Å². The Labute approximate surface area is 116 Å². The molecule has 0 bridgehead atoms. The topological polar surface area (TPSA) is 58.4 Å². The third-order valence-corrected chi connectivity index (χ3v) is 3.58. The number of halogens is 1. The van der Waals surface area contributed by atoms with Gasteiger partial charge in [-0.25, -0.2) is 4.39 Å². The van der Waals surface area contributed by atoms with Gasteiger partial charge in [-0.2, -0.15) is 0 Å². The van der Waals surface area contributed by atoms with Crippen molar-refractivity contribution < 1.29 is 9.18 Å². The Morgan fingerprint density at radius 2 is 2.16 bits per heavy atom. The fraction of sp³-hybridized carbons (Fsp3) is 0.385. The van der Waals surface area contributed by atoms with Crippen LogP contribution in [-0.4, -0.2) is 28.5 Å². The van der Waals surface area contributed by atoms with Crippen molar-refractivity contribution in [3.8, 4) is 0 Å². The highest BCUT2D eigenvalue weighted by atomic mass is 32.1. The van der Waals surface area contributed by atoms with Gasteiger partial charge in [0.2, 0.25) is 5.91 Å². The minimum Gasteiger partial charge on any atom is -0.368 e. The van der Waals surface area contributed by atoms with E-state index >= 15 is 0 Å². The van der Waals surface area contributed by atoms with Crippen LogP contribution in [0.4, 0.5) is 4.39 Å².